The monoisotopic (exact) mass is 428 g/mol. The van der Waals surface area contributed by atoms with Crippen molar-refractivity contribution in [3.63, 3.8) is 0 Å². The molecule has 3 aromatic rings. The lowest BCUT2D eigenvalue weighted by Crippen LogP contribution is -2.61. The first-order chi connectivity index (χ1) is 15.0. The molecule has 0 spiro atoms. The molecule has 4 heterocycles. The summed E-state index contributed by atoms with van der Waals surface area (Å²) in [6, 6.07) is 8.34. The topological polar surface area (TPSA) is 68.5 Å². The summed E-state index contributed by atoms with van der Waals surface area (Å²) in [5, 5.41) is 8.34. The summed E-state index contributed by atoms with van der Waals surface area (Å²) in [5.41, 5.74) is 1.55. The van der Waals surface area contributed by atoms with E-state index in [1.807, 2.05) is 4.90 Å². The minimum absolute atomic E-state index is 0.207. The Labute approximate surface area is 178 Å². The second-order valence-corrected chi connectivity index (χ2v) is 7.58. The molecule has 2 aliphatic heterocycles. The van der Waals surface area contributed by atoms with Gasteiger partial charge < -0.3 is 19.3 Å². The van der Waals surface area contributed by atoms with E-state index in [9.17, 15) is 8.78 Å². The number of rotatable bonds is 5. The SMILES string of the molecule is COc1ccc(-n2c(C(C)F)nnc2N2CC(N3CCOc4cc(F)ccc43)C2)cn1. The van der Waals surface area contributed by atoms with Crippen LogP contribution in [0.15, 0.2) is 36.5 Å². The Morgan fingerprint density at radius 3 is 2.74 bits per heavy atom. The number of hydrogen-bond donors (Lipinski definition) is 0. The third kappa shape index (κ3) is 3.41. The number of pyridine rings is 1. The van der Waals surface area contributed by atoms with E-state index < -0.39 is 6.17 Å². The van der Waals surface area contributed by atoms with E-state index in [0.717, 1.165) is 12.2 Å². The number of nitrogens with zero attached hydrogens (tertiary/aromatic N) is 6. The van der Waals surface area contributed by atoms with Crippen molar-refractivity contribution in [2.75, 3.05) is 43.2 Å². The fourth-order valence-corrected chi connectivity index (χ4v) is 4.03. The van der Waals surface area contributed by atoms with Gasteiger partial charge in [0.15, 0.2) is 12.0 Å². The first-order valence-electron chi connectivity index (χ1n) is 10.1. The van der Waals surface area contributed by atoms with E-state index in [1.165, 1.54) is 19.1 Å². The van der Waals surface area contributed by atoms with Crippen molar-refractivity contribution in [3.8, 4) is 17.3 Å². The van der Waals surface area contributed by atoms with Gasteiger partial charge in [0.25, 0.3) is 0 Å². The fourth-order valence-electron chi connectivity index (χ4n) is 4.03. The minimum Gasteiger partial charge on any atom is -0.489 e. The third-order valence-electron chi connectivity index (χ3n) is 5.62. The summed E-state index contributed by atoms with van der Waals surface area (Å²) in [5.74, 6) is 1.50. The smallest absolute Gasteiger partial charge is 0.232 e. The molecule has 1 aromatic carbocycles. The Balaban J connectivity index is 1.40. The number of ether oxygens (including phenoxy) is 2. The van der Waals surface area contributed by atoms with E-state index in [-0.39, 0.29) is 17.7 Å². The minimum atomic E-state index is -1.29. The highest BCUT2D eigenvalue weighted by molar-refractivity contribution is 5.62. The molecule has 2 aliphatic rings. The Bertz CT molecular complexity index is 1080. The molecule has 0 saturated carbocycles. The van der Waals surface area contributed by atoms with E-state index in [2.05, 4.69) is 20.1 Å². The van der Waals surface area contributed by atoms with Crippen LogP contribution in [-0.4, -0.2) is 59.1 Å². The van der Waals surface area contributed by atoms with Crippen LogP contribution in [0.25, 0.3) is 5.69 Å². The van der Waals surface area contributed by atoms with Crippen molar-refractivity contribution in [1.29, 1.82) is 0 Å². The van der Waals surface area contributed by atoms with Crippen molar-refractivity contribution < 1.29 is 18.3 Å². The summed E-state index contributed by atoms with van der Waals surface area (Å²) in [6.45, 7) is 4.02. The maximum Gasteiger partial charge on any atom is 0.232 e. The fraction of sp³-hybridized carbons (Fsp3) is 0.381. The molecule has 1 saturated heterocycles. The summed E-state index contributed by atoms with van der Waals surface area (Å²) >= 11 is 0. The van der Waals surface area contributed by atoms with Gasteiger partial charge in [-0.2, -0.15) is 0 Å². The van der Waals surface area contributed by atoms with Crippen LogP contribution in [0.5, 0.6) is 11.6 Å². The van der Waals surface area contributed by atoms with Gasteiger partial charge in [-0.3, -0.25) is 4.57 Å². The number of benzene rings is 1. The molecule has 0 radical (unpaired) electrons. The number of methoxy groups -OCH3 is 1. The zero-order chi connectivity index (χ0) is 21.5. The lowest BCUT2D eigenvalue weighted by molar-refractivity contribution is 0.291. The summed E-state index contributed by atoms with van der Waals surface area (Å²) in [6.07, 6.45) is 0.322. The average Bonchev–Trinajstić information content (AvgIpc) is 3.17. The first kappa shape index (κ1) is 19.5. The molecular formula is C21H22F2N6O2. The van der Waals surface area contributed by atoms with Gasteiger partial charge in [-0.25, -0.2) is 13.8 Å². The molecule has 162 valence electrons. The van der Waals surface area contributed by atoms with Gasteiger partial charge in [0.05, 0.1) is 37.3 Å². The van der Waals surface area contributed by atoms with Gasteiger partial charge in [0.1, 0.15) is 18.2 Å². The number of hydrogen-bond acceptors (Lipinski definition) is 7. The number of aromatic nitrogens is 4. The molecular weight excluding hydrogens is 406 g/mol. The Morgan fingerprint density at radius 1 is 1.19 bits per heavy atom. The first-order valence-corrected chi connectivity index (χ1v) is 10.1. The normalized spacial score (nSPS) is 17.0. The van der Waals surface area contributed by atoms with Crippen molar-refractivity contribution in [3.05, 3.63) is 48.2 Å². The number of alkyl halides is 1. The molecule has 1 fully saturated rings. The van der Waals surface area contributed by atoms with Crippen molar-refractivity contribution in [2.24, 2.45) is 0 Å². The number of halogens is 2. The van der Waals surface area contributed by atoms with Crippen LogP contribution in [0.2, 0.25) is 0 Å². The predicted molar refractivity (Wildman–Crippen MR) is 110 cm³/mol. The molecule has 10 heteroatoms. The van der Waals surface area contributed by atoms with Gasteiger partial charge in [-0.15, -0.1) is 10.2 Å². The summed E-state index contributed by atoms with van der Waals surface area (Å²) in [4.78, 5) is 8.50. The van der Waals surface area contributed by atoms with Crippen LogP contribution < -0.4 is 19.3 Å². The molecule has 2 aromatic heterocycles. The molecule has 8 nitrogen and oxygen atoms in total. The molecule has 5 rings (SSSR count). The van der Waals surface area contributed by atoms with E-state index in [0.29, 0.717) is 43.0 Å². The standard InChI is InChI=1S/C21H22F2N6O2/c1-13(22)20-25-26-21(29(20)15-4-6-19(30-2)24-10-15)27-11-16(12-27)28-7-8-31-18-9-14(23)3-5-17(18)28/h3-6,9-10,13,16H,7-8,11-12H2,1-2H3. The van der Waals surface area contributed by atoms with Crippen molar-refractivity contribution >= 4 is 11.6 Å². The largest absolute Gasteiger partial charge is 0.489 e. The summed E-state index contributed by atoms with van der Waals surface area (Å²) in [7, 11) is 1.54. The second-order valence-electron chi connectivity index (χ2n) is 7.58. The van der Waals surface area contributed by atoms with Crippen LogP contribution >= 0.6 is 0 Å². The van der Waals surface area contributed by atoms with Crippen LogP contribution in [0, 0.1) is 5.82 Å². The lowest BCUT2D eigenvalue weighted by Gasteiger charge is -2.48. The van der Waals surface area contributed by atoms with Crippen LogP contribution in [-0.2, 0) is 0 Å². The van der Waals surface area contributed by atoms with Crippen LogP contribution in [0.1, 0.15) is 18.9 Å². The van der Waals surface area contributed by atoms with Gasteiger partial charge in [0.2, 0.25) is 11.8 Å². The van der Waals surface area contributed by atoms with Crippen LogP contribution in [0.4, 0.5) is 20.4 Å². The molecule has 0 N–H and O–H groups in total. The van der Waals surface area contributed by atoms with Gasteiger partial charge >= 0.3 is 0 Å². The quantitative estimate of drug-likeness (QED) is 0.619. The Kier molecular flexibility index (Phi) is 4.84. The molecule has 1 unspecified atom stereocenters. The number of anilines is 2. The number of fused-ring (bicyclic) bond motifs is 1. The van der Waals surface area contributed by atoms with Crippen molar-refractivity contribution in [1.82, 2.24) is 19.7 Å². The second kappa shape index (κ2) is 7.68. The highest BCUT2D eigenvalue weighted by atomic mass is 19.1. The zero-order valence-electron chi connectivity index (χ0n) is 17.2. The maximum absolute atomic E-state index is 14.2. The van der Waals surface area contributed by atoms with Gasteiger partial charge in [-0.1, -0.05) is 0 Å². The average molecular weight is 428 g/mol. The van der Waals surface area contributed by atoms with Gasteiger partial charge in [-0.05, 0) is 25.1 Å². The highest BCUT2D eigenvalue weighted by Crippen LogP contribution is 2.36. The van der Waals surface area contributed by atoms with E-state index >= 15 is 0 Å². The maximum atomic E-state index is 14.2. The Hall–Kier alpha value is -3.43. The molecule has 0 amide bonds. The lowest BCUT2D eigenvalue weighted by atomic mass is 10.1. The molecule has 0 bridgehead atoms. The highest BCUT2D eigenvalue weighted by Gasteiger charge is 2.38. The molecule has 1 atom stereocenters. The molecule has 0 aliphatic carbocycles. The third-order valence-corrected chi connectivity index (χ3v) is 5.62. The van der Waals surface area contributed by atoms with Crippen molar-refractivity contribution in [2.45, 2.75) is 19.1 Å². The Morgan fingerprint density at radius 2 is 2.03 bits per heavy atom. The molecule has 31 heavy (non-hydrogen) atoms. The zero-order valence-corrected chi connectivity index (χ0v) is 17.2. The predicted octanol–water partition coefficient (Wildman–Crippen LogP) is 2.93. The van der Waals surface area contributed by atoms with Crippen LogP contribution in [0.3, 0.4) is 0 Å². The summed E-state index contributed by atoms with van der Waals surface area (Å²) < 4.78 is 40.2. The van der Waals surface area contributed by atoms with E-state index in [4.69, 9.17) is 9.47 Å². The van der Waals surface area contributed by atoms with E-state index in [1.54, 1.807) is 36.1 Å². The van der Waals surface area contributed by atoms with Gasteiger partial charge in [0, 0.05) is 25.2 Å².